The van der Waals surface area contributed by atoms with E-state index in [4.69, 9.17) is 4.74 Å². The molecular formula is C15H14FNO8. The van der Waals surface area contributed by atoms with Crippen LogP contribution in [0.25, 0.3) is 0 Å². The molecule has 0 aliphatic carbocycles. The maximum Gasteiger partial charge on any atom is 0.355 e. The van der Waals surface area contributed by atoms with Crippen LogP contribution in [0.15, 0.2) is 23.4 Å². The van der Waals surface area contributed by atoms with Gasteiger partial charge in [-0.2, -0.15) is 0 Å². The van der Waals surface area contributed by atoms with Crippen LogP contribution in [0.2, 0.25) is 0 Å². The highest BCUT2D eigenvalue weighted by Gasteiger charge is 2.34. The number of aromatic hydroxyl groups is 1. The number of phenolic OH excluding ortho intramolecular Hbond substituents is 1. The summed E-state index contributed by atoms with van der Waals surface area (Å²) < 4.78 is 28.2. The molecule has 1 aromatic carbocycles. The van der Waals surface area contributed by atoms with Crippen molar-refractivity contribution >= 4 is 23.6 Å². The molecule has 1 aliphatic heterocycles. The molecule has 0 fully saturated rings. The van der Waals surface area contributed by atoms with E-state index in [2.05, 4.69) is 9.47 Å². The molecule has 9 nitrogen and oxygen atoms in total. The summed E-state index contributed by atoms with van der Waals surface area (Å²) in [6.45, 7) is -0.633. The lowest BCUT2D eigenvalue weighted by molar-refractivity contribution is -0.140. The predicted molar refractivity (Wildman–Crippen MR) is 79.4 cm³/mol. The number of rotatable bonds is 4. The van der Waals surface area contributed by atoms with Crippen molar-refractivity contribution in [3.8, 4) is 5.75 Å². The Kier molecular flexibility index (Phi) is 5.22. The Morgan fingerprint density at radius 1 is 1.20 bits per heavy atom. The summed E-state index contributed by atoms with van der Waals surface area (Å²) in [5.74, 6) is -5.33. The van der Waals surface area contributed by atoms with Crippen molar-refractivity contribution in [1.29, 1.82) is 0 Å². The summed E-state index contributed by atoms with van der Waals surface area (Å²) in [4.78, 5) is 36.4. The third kappa shape index (κ3) is 3.38. The molecule has 2 rings (SSSR count). The smallest absolute Gasteiger partial charge is 0.355 e. The number of hydrogen-bond donors (Lipinski definition) is 2. The maximum atomic E-state index is 13.8. The lowest BCUT2D eigenvalue weighted by Gasteiger charge is -2.32. The van der Waals surface area contributed by atoms with Crippen LogP contribution in [0, 0.1) is 5.82 Å². The monoisotopic (exact) mass is 355 g/mol. The lowest BCUT2D eigenvalue weighted by atomic mass is 10.1. The number of nitrogens with zero attached hydrogens (tertiary/aromatic N) is 1. The molecule has 25 heavy (non-hydrogen) atoms. The minimum absolute atomic E-state index is 0.217. The molecule has 0 aromatic heterocycles. The number of aromatic carboxylic acids is 1. The van der Waals surface area contributed by atoms with Crippen LogP contribution >= 0.6 is 0 Å². The minimum Gasteiger partial charge on any atom is -0.505 e. The van der Waals surface area contributed by atoms with E-state index in [1.54, 1.807) is 0 Å². The third-order valence-electron chi connectivity index (χ3n) is 3.42. The van der Waals surface area contributed by atoms with E-state index in [0.29, 0.717) is 12.1 Å². The Labute approximate surface area is 140 Å². The standard InChI is InChI=1S/C15H14FNO8/c1-23-14(21)8-5-25-6-17(12(8)15(22)24-2)10-4-9(16)11(18)3-7(10)13(19)20/h3-4,18H,5-6H2,1-2H3,(H,19,20). The molecule has 0 radical (unpaired) electrons. The number of hydrogen-bond acceptors (Lipinski definition) is 8. The van der Waals surface area contributed by atoms with Gasteiger partial charge in [0.05, 0.1) is 37.7 Å². The normalized spacial score (nSPS) is 14.3. The van der Waals surface area contributed by atoms with E-state index < -0.39 is 35.0 Å². The third-order valence-corrected chi connectivity index (χ3v) is 3.42. The van der Waals surface area contributed by atoms with Crippen molar-refractivity contribution in [1.82, 2.24) is 0 Å². The molecule has 0 unspecified atom stereocenters. The molecule has 0 spiro atoms. The fourth-order valence-electron chi connectivity index (χ4n) is 2.28. The number of carbonyl (C=O) groups is 3. The number of benzene rings is 1. The second-order valence-electron chi connectivity index (χ2n) is 4.84. The molecular weight excluding hydrogens is 341 g/mol. The average Bonchev–Trinajstić information content (AvgIpc) is 2.61. The number of ether oxygens (including phenoxy) is 3. The van der Waals surface area contributed by atoms with Crippen LogP contribution in [-0.2, 0) is 23.8 Å². The summed E-state index contributed by atoms with van der Waals surface area (Å²) >= 11 is 0. The van der Waals surface area contributed by atoms with Crippen molar-refractivity contribution < 1.29 is 43.2 Å². The number of halogens is 1. The fraction of sp³-hybridized carbons (Fsp3) is 0.267. The average molecular weight is 355 g/mol. The molecule has 0 atom stereocenters. The summed E-state index contributed by atoms with van der Waals surface area (Å²) in [6, 6.07) is 1.40. The van der Waals surface area contributed by atoms with E-state index in [1.165, 1.54) is 0 Å². The molecule has 0 bridgehead atoms. The summed E-state index contributed by atoms with van der Waals surface area (Å²) in [6.07, 6.45) is 0. The Hall–Kier alpha value is -3.14. The van der Waals surface area contributed by atoms with Gasteiger partial charge in [0.25, 0.3) is 0 Å². The highest BCUT2D eigenvalue weighted by atomic mass is 19.1. The Bertz CT molecular complexity index is 773. The van der Waals surface area contributed by atoms with E-state index in [1.807, 2.05) is 0 Å². The van der Waals surface area contributed by atoms with Gasteiger partial charge in [-0.15, -0.1) is 0 Å². The van der Waals surface area contributed by atoms with Gasteiger partial charge in [0.1, 0.15) is 12.4 Å². The largest absolute Gasteiger partial charge is 0.505 e. The molecule has 10 heteroatoms. The van der Waals surface area contributed by atoms with Crippen molar-refractivity contribution in [3.05, 3.63) is 34.8 Å². The highest BCUT2D eigenvalue weighted by Crippen LogP contribution is 2.33. The topological polar surface area (TPSA) is 123 Å². The number of carboxylic acid groups (broad SMARTS) is 1. The minimum atomic E-state index is -1.49. The first kappa shape index (κ1) is 18.2. The Balaban J connectivity index is 2.72. The van der Waals surface area contributed by atoms with Crippen LogP contribution in [-0.4, -0.2) is 55.7 Å². The summed E-state index contributed by atoms with van der Waals surface area (Å²) in [5, 5.41) is 18.7. The van der Waals surface area contributed by atoms with Gasteiger partial charge >= 0.3 is 17.9 Å². The van der Waals surface area contributed by atoms with E-state index in [0.717, 1.165) is 19.1 Å². The second-order valence-corrected chi connectivity index (χ2v) is 4.84. The molecule has 1 aliphatic rings. The van der Waals surface area contributed by atoms with Gasteiger partial charge in [0.15, 0.2) is 11.6 Å². The first-order valence-electron chi connectivity index (χ1n) is 6.82. The summed E-state index contributed by atoms with van der Waals surface area (Å²) in [7, 11) is 2.15. The number of phenols is 1. The van der Waals surface area contributed by atoms with Gasteiger partial charge < -0.3 is 29.3 Å². The number of carboxylic acids is 1. The highest BCUT2D eigenvalue weighted by molar-refractivity contribution is 6.05. The second kappa shape index (κ2) is 7.18. The van der Waals surface area contributed by atoms with E-state index in [-0.39, 0.29) is 30.3 Å². The Morgan fingerprint density at radius 2 is 1.84 bits per heavy atom. The molecule has 0 amide bonds. The van der Waals surface area contributed by atoms with E-state index >= 15 is 0 Å². The molecule has 0 saturated carbocycles. The number of methoxy groups -OCH3 is 2. The van der Waals surface area contributed by atoms with E-state index in [9.17, 15) is 29.0 Å². The van der Waals surface area contributed by atoms with Crippen LogP contribution in [0.3, 0.4) is 0 Å². The SMILES string of the molecule is COC(=O)C1=C(C(=O)OC)N(c2cc(F)c(O)cc2C(=O)O)COC1. The zero-order valence-electron chi connectivity index (χ0n) is 13.2. The maximum absolute atomic E-state index is 13.8. The van der Waals surface area contributed by atoms with Crippen LogP contribution < -0.4 is 4.90 Å². The van der Waals surface area contributed by atoms with Crippen molar-refractivity contribution in [2.24, 2.45) is 0 Å². The first-order chi connectivity index (χ1) is 11.8. The lowest BCUT2D eigenvalue weighted by Crippen LogP contribution is -2.39. The molecule has 0 saturated heterocycles. The van der Waals surface area contributed by atoms with Gasteiger partial charge in [-0.25, -0.2) is 18.8 Å². The number of anilines is 1. The molecule has 134 valence electrons. The van der Waals surface area contributed by atoms with Gasteiger partial charge in [0.2, 0.25) is 0 Å². The zero-order chi connectivity index (χ0) is 18.7. The van der Waals surface area contributed by atoms with Gasteiger partial charge in [-0.1, -0.05) is 0 Å². The van der Waals surface area contributed by atoms with Gasteiger partial charge in [-0.05, 0) is 6.07 Å². The summed E-state index contributed by atoms with van der Waals surface area (Å²) in [5.41, 5.74) is -1.36. The van der Waals surface area contributed by atoms with Gasteiger partial charge in [-0.3, -0.25) is 0 Å². The molecule has 1 heterocycles. The predicted octanol–water partition coefficient (Wildman–Crippen LogP) is 0.624. The van der Waals surface area contributed by atoms with Crippen LogP contribution in [0.5, 0.6) is 5.75 Å². The number of esters is 2. The number of carbonyl (C=O) groups excluding carboxylic acids is 2. The fourth-order valence-corrected chi connectivity index (χ4v) is 2.28. The quantitative estimate of drug-likeness (QED) is 0.748. The van der Waals surface area contributed by atoms with Crippen molar-refractivity contribution in [3.63, 3.8) is 0 Å². The first-order valence-corrected chi connectivity index (χ1v) is 6.82. The Morgan fingerprint density at radius 3 is 2.40 bits per heavy atom. The van der Waals surface area contributed by atoms with Crippen LogP contribution in [0.4, 0.5) is 10.1 Å². The molecule has 1 aromatic rings. The van der Waals surface area contributed by atoms with Crippen LogP contribution in [0.1, 0.15) is 10.4 Å². The zero-order valence-corrected chi connectivity index (χ0v) is 13.2. The molecule has 2 N–H and O–H groups in total. The van der Waals surface area contributed by atoms with Crippen molar-refractivity contribution in [2.45, 2.75) is 0 Å². The van der Waals surface area contributed by atoms with Crippen molar-refractivity contribution in [2.75, 3.05) is 32.5 Å². The van der Waals surface area contributed by atoms with Gasteiger partial charge in [0, 0.05) is 6.07 Å².